The van der Waals surface area contributed by atoms with E-state index in [1.54, 1.807) is 47.8 Å². The van der Waals surface area contributed by atoms with Crippen molar-refractivity contribution in [2.75, 3.05) is 0 Å². The standard InChI is InChI=1S/C8N2O2S12/c11-7-13-1-2(14-7)18-9(17-1)21-5-6(22-9)24-10(23-5)19-3-4(20-10)16-8(12)15-3/q+2. The third-order valence-corrected chi connectivity index (χ3v) is 20.4. The minimum absolute atomic E-state index is 0.191. The largest absolute Gasteiger partial charge is 0.289 e. The van der Waals surface area contributed by atoms with E-state index in [1.807, 2.05) is 47.8 Å². The summed E-state index contributed by atoms with van der Waals surface area (Å²) in [5.41, 5.74) is 0. The van der Waals surface area contributed by atoms with Crippen LogP contribution >= 0.6 is 141 Å². The van der Waals surface area contributed by atoms with E-state index in [9.17, 15) is 9.59 Å². The molecule has 0 saturated heterocycles. The van der Waals surface area contributed by atoms with Gasteiger partial charge in [-0.15, -0.1) is 0 Å². The molecule has 0 aromatic carbocycles. The second-order valence-electron chi connectivity index (χ2n) is 4.26. The Kier molecular flexibility index (Phi) is 4.15. The predicted molar refractivity (Wildman–Crippen MR) is 118 cm³/mol. The summed E-state index contributed by atoms with van der Waals surface area (Å²) in [6.45, 7) is 0. The lowest BCUT2D eigenvalue weighted by molar-refractivity contribution is -0.272. The first-order valence-corrected chi connectivity index (χ1v) is 15.3. The maximum absolute atomic E-state index is 11.5. The highest BCUT2D eigenvalue weighted by Crippen LogP contribution is 2.82. The maximum Gasteiger partial charge on any atom is 0.289 e. The molecule has 0 atom stereocenters. The zero-order valence-corrected chi connectivity index (χ0v) is 20.4. The minimum Gasteiger partial charge on any atom is -0.265 e. The Bertz CT molecular complexity index is 887. The van der Waals surface area contributed by atoms with E-state index in [4.69, 9.17) is 0 Å². The molecule has 0 N–H and O–H groups in total. The average molecular weight is 541 g/mol. The Balaban J connectivity index is 1.22. The smallest absolute Gasteiger partial charge is 0.265 e. The molecule has 2 aromatic rings. The van der Waals surface area contributed by atoms with Crippen LogP contribution in [0, 0.1) is 0 Å². The van der Waals surface area contributed by atoms with Gasteiger partial charge in [0.15, 0.2) is 121 Å². The van der Waals surface area contributed by atoms with Gasteiger partial charge in [-0.1, -0.05) is 49.6 Å². The third kappa shape index (κ3) is 2.63. The van der Waals surface area contributed by atoms with Gasteiger partial charge in [0, 0.05) is 0 Å². The van der Waals surface area contributed by atoms with Crippen molar-refractivity contribution in [2.45, 2.75) is 16.8 Å². The van der Waals surface area contributed by atoms with Gasteiger partial charge in [0.1, 0.15) is 0 Å². The Morgan fingerprint density at radius 3 is 1.04 bits per heavy atom. The van der Waals surface area contributed by atoms with Crippen LogP contribution in [0.3, 0.4) is 0 Å². The summed E-state index contributed by atoms with van der Waals surface area (Å²) in [5, 5.41) is 0. The highest BCUT2D eigenvalue weighted by atomic mass is 32.4. The quantitative estimate of drug-likeness (QED) is 0.263. The van der Waals surface area contributed by atoms with E-state index in [2.05, 4.69) is 0 Å². The van der Waals surface area contributed by atoms with Crippen molar-refractivity contribution < 1.29 is 4.21 Å². The second-order valence-corrected chi connectivity index (χ2v) is 22.1. The van der Waals surface area contributed by atoms with Crippen molar-refractivity contribution in [3.05, 3.63) is 26.2 Å². The van der Waals surface area contributed by atoms with Crippen LogP contribution in [0.25, 0.3) is 0 Å². The van der Waals surface area contributed by atoms with Crippen LogP contribution < -0.4 is 8.11 Å². The molecule has 0 bridgehead atoms. The maximum atomic E-state index is 11.5. The fourth-order valence-electron chi connectivity index (χ4n) is 1.95. The molecule has 6 rings (SSSR count). The van der Waals surface area contributed by atoms with Gasteiger partial charge in [-0.05, 0) is 0 Å². The van der Waals surface area contributed by atoms with Crippen molar-refractivity contribution in [1.29, 1.82) is 0 Å². The molecule has 4 aliphatic heterocycles. The molecule has 16 heteroatoms. The van der Waals surface area contributed by atoms with Crippen LogP contribution in [-0.2, 0) is 0 Å². The fourth-order valence-corrected chi connectivity index (χ4v) is 24.9. The summed E-state index contributed by atoms with van der Waals surface area (Å²) in [7, 11) is 0. The summed E-state index contributed by atoms with van der Waals surface area (Å²) in [6, 6.07) is 0. The van der Waals surface area contributed by atoms with Gasteiger partial charge in [-0.2, -0.15) is 0 Å². The Labute approximate surface area is 185 Å². The van der Waals surface area contributed by atoms with Gasteiger partial charge in [-0.25, -0.2) is 0 Å². The van der Waals surface area contributed by atoms with Gasteiger partial charge in [0.2, 0.25) is 0 Å². The van der Waals surface area contributed by atoms with E-state index >= 15 is 0 Å². The number of fused-ring (bicyclic) bond motifs is 2. The molecule has 0 saturated carbocycles. The first-order valence-electron chi connectivity index (χ1n) is 5.88. The Hall–Kier alpha value is 2.16. The van der Waals surface area contributed by atoms with Crippen LogP contribution in [0.1, 0.15) is 0 Å². The molecule has 0 fully saturated rings. The monoisotopic (exact) mass is 540 g/mol. The van der Waals surface area contributed by atoms with Crippen LogP contribution in [0.2, 0.25) is 0 Å². The highest BCUT2D eigenvalue weighted by Gasteiger charge is 2.65. The van der Waals surface area contributed by atoms with Gasteiger partial charge >= 0.3 is 0 Å². The van der Waals surface area contributed by atoms with E-state index in [-0.39, 0.29) is 8.11 Å². The van der Waals surface area contributed by atoms with Crippen LogP contribution in [0.5, 0.6) is 0 Å². The normalized spacial score (nSPS) is 25.0. The average Bonchev–Trinajstić information content (AvgIpc) is 3.22. The Morgan fingerprint density at radius 1 is 0.458 bits per heavy atom. The molecule has 6 heterocycles. The predicted octanol–water partition coefficient (Wildman–Crippen LogP) is 6.79. The van der Waals surface area contributed by atoms with Gasteiger partial charge in [-0.3, -0.25) is 9.59 Å². The van der Waals surface area contributed by atoms with Crippen LogP contribution in [-0.4, -0.2) is 4.21 Å². The summed E-state index contributed by atoms with van der Waals surface area (Å²) in [4.78, 5) is 23.0. The molecule has 4 aliphatic rings. The SMILES string of the molecule is O=c1sc2c(s1)S[N+]1(SC3=C(S1)S[N+]1(S3)Sc3sc(=O)sc3S1)S2. The number of hydrogen-bond donors (Lipinski definition) is 0. The van der Waals surface area contributed by atoms with Gasteiger partial charge < -0.3 is 0 Å². The lowest BCUT2D eigenvalue weighted by atomic mass is 11.1. The molecule has 2 spiro atoms. The summed E-state index contributed by atoms with van der Waals surface area (Å²) >= 11 is 20.0. The van der Waals surface area contributed by atoms with E-state index < -0.39 is 0 Å². The molecule has 24 heavy (non-hydrogen) atoms. The number of nitrogens with zero attached hydrogens (tertiary/aromatic N) is 2. The minimum atomic E-state index is 0.191. The molecule has 0 aliphatic carbocycles. The summed E-state index contributed by atoms with van der Waals surface area (Å²) in [5.74, 6) is 0. The van der Waals surface area contributed by atoms with Gasteiger partial charge in [0.05, 0.1) is 0 Å². The van der Waals surface area contributed by atoms with Crippen molar-refractivity contribution >= 4 is 141 Å². The zero-order chi connectivity index (χ0) is 16.1. The molecular weight excluding hydrogens is 541 g/mol. The summed E-state index contributed by atoms with van der Waals surface area (Å²) in [6.07, 6.45) is 0. The van der Waals surface area contributed by atoms with E-state index in [0.29, 0.717) is 0 Å². The van der Waals surface area contributed by atoms with Crippen LogP contribution in [0.15, 0.2) is 34.9 Å². The molecule has 0 unspecified atom stereocenters. The first-order chi connectivity index (χ1) is 11.5. The van der Waals surface area contributed by atoms with Crippen LogP contribution in [0.4, 0.5) is 0 Å². The van der Waals surface area contributed by atoms with E-state index in [0.717, 1.165) is 21.0 Å². The number of rotatable bonds is 0. The summed E-state index contributed by atoms with van der Waals surface area (Å²) < 4.78 is 9.24. The highest BCUT2D eigenvalue weighted by molar-refractivity contribution is 8.47. The molecular formula is C8N2O2S12+2. The van der Waals surface area contributed by atoms with Crippen molar-refractivity contribution in [3.63, 3.8) is 0 Å². The zero-order valence-electron chi connectivity index (χ0n) is 10.6. The third-order valence-electron chi connectivity index (χ3n) is 2.76. The van der Waals surface area contributed by atoms with Crippen molar-refractivity contribution in [1.82, 2.24) is 0 Å². The van der Waals surface area contributed by atoms with Gasteiger partial charge in [0.25, 0.3) is 8.11 Å². The number of hydrogen-bond acceptors (Lipinski definition) is 14. The molecule has 0 radical (unpaired) electrons. The molecule has 0 amide bonds. The van der Waals surface area contributed by atoms with E-state index in [1.165, 1.54) is 53.8 Å². The lowest BCUT2D eigenvalue weighted by Gasteiger charge is -2.21. The van der Waals surface area contributed by atoms with Crippen molar-refractivity contribution in [3.8, 4) is 0 Å². The molecule has 4 nitrogen and oxygen atoms in total. The lowest BCUT2D eigenvalue weighted by Crippen LogP contribution is -2.12. The number of quaternary nitrogens is 2. The first kappa shape index (κ1) is 17.1. The fraction of sp³-hybridized carbons (Fsp3) is 0. The second kappa shape index (κ2) is 5.84. The topological polar surface area (TPSA) is 34.1 Å². The Morgan fingerprint density at radius 2 is 0.750 bits per heavy atom. The molecule has 124 valence electrons. The van der Waals surface area contributed by atoms with Crippen molar-refractivity contribution in [2.24, 2.45) is 0 Å². The molecule has 2 aromatic heterocycles.